The Morgan fingerprint density at radius 2 is 1.84 bits per heavy atom. The number of thiazole rings is 1. The number of anilines is 1. The molecule has 0 saturated heterocycles. The van der Waals surface area contributed by atoms with Crippen molar-refractivity contribution in [3.63, 3.8) is 0 Å². The molecule has 4 rings (SSSR count). The standard InChI is InChI=1S/C23H23ClN2O5S/c1-28-19-12-16(8-9-18(19)31-13-20(29-2)30-3)26-11-10-17-21(23(26)27)32-22(25-17)14-4-6-15(24)7-5-14/h4-9,12,20H,10-11,13H2,1-3H3. The fourth-order valence-corrected chi connectivity index (χ4v) is 4.62. The lowest BCUT2D eigenvalue weighted by Crippen LogP contribution is -2.36. The minimum absolute atomic E-state index is 0.0708. The van der Waals surface area contributed by atoms with Crippen molar-refractivity contribution in [3.05, 3.63) is 58.1 Å². The second kappa shape index (κ2) is 9.87. The van der Waals surface area contributed by atoms with E-state index in [9.17, 15) is 4.79 Å². The number of rotatable bonds is 8. The Bertz CT molecular complexity index is 1100. The molecule has 0 radical (unpaired) electrons. The molecule has 7 nitrogen and oxygen atoms in total. The molecule has 0 fully saturated rings. The highest BCUT2D eigenvalue weighted by Crippen LogP contribution is 2.37. The number of ether oxygens (including phenoxy) is 4. The van der Waals surface area contributed by atoms with E-state index in [4.69, 9.17) is 35.5 Å². The molecule has 1 amide bonds. The van der Waals surface area contributed by atoms with Crippen molar-refractivity contribution < 1.29 is 23.7 Å². The minimum atomic E-state index is -0.484. The first-order chi connectivity index (χ1) is 15.5. The van der Waals surface area contributed by atoms with Gasteiger partial charge in [0.15, 0.2) is 17.8 Å². The normalized spacial score (nSPS) is 13.4. The maximum atomic E-state index is 13.3. The van der Waals surface area contributed by atoms with Crippen LogP contribution >= 0.6 is 22.9 Å². The smallest absolute Gasteiger partial charge is 0.270 e. The van der Waals surface area contributed by atoms with Gasteiger partial charge in [0.25, 0.3) is 5.91 Å². The molecule has 168 valence electrons. The van der Waals surface area contributed by atoms with E-state index in [1.807, 2.05) is 30.3 Å². The first-order valence-corrected chi connectivity index (χ1v) is 11.2. The van der Waals surface area contributed by atoms with E-state index in [0.717, 1.165) is 22.0 Å². The van der Waals surface area contributed by atoms with E-state index < -0.39 is 6.29 Å². The second-order valence-corrected chi connectivity index (χ2v) is 8.49. The molecule has 3 aromatic rings. The maximum Gasteiger partial charge on any atom is 0.270 e. The van der Waals surface area contributed by atoms with Gasteiger partial charge in [-0.1, -0.05) is 23.7 Å². The number of aromatic nitrogens is 1. The van der Waals surface area contributed by atoms with Crippen LogP contribution < -0.4 is 14.4 Å². The molecule has 2 heterocycles. The zero-order chi connectivity index (χ0) is 22.7. The Labute approximate surface area is 195 Å². The lowest BCUT2D eigenvalue weighted by atomic mass is 10.1. The van der Waals surface area contributed by atoms with Crippen LogP contribution in [0.25, 0.3) is 10.6 Å². The highest BCUT2D eigenvalue weighted by molar-refractivity contribution is 7.17. The number of amides is 1. The van der Waals surface area contributed by atoms with Gasteiger partial charge in [-0.3, -0.25) is 4.79 Å². The van der Waals surface area contributed by atoms with Crippen LogP contribution in [0.5, 0.6) is 11.5 Å². The number of methoxy groups -OCH3 is 3. The van der Waals surface area contributed by atoms with E-state index >= 15 is 0 Å². The van der Waals surface area contributed by atoms with Crippen molar-refractivity contribution in [1.82, 2.24) is 4.98 Å². The quantitative estimate of drug-likeness (QED) is 0.442. The van der Waals surface area contributed by atoms with Gasteiger partial charge in [0, 0.05) is 49.5 Å². The topological polar surface area (TPSA) is 70.1 Å². The SMILES string of the molecule is COc1cc(N2CCc3nc(-c4ccc(Cl)cc4)sc3C2=O)ccc1OCC(OC)OC. The summed E-state index contributed by atoms with van der Waals surface area (Å²) in [5.41, 5.74) is 2.52. The lowest BCUT2D eigenvalue weighted by Gasteiger charge is -2.26. The Balaban J connectivity index is 1.55. The predicted octanol–water partition coefficient (Wildman–Crippen LogP) is 4.67. The summed E-state index contributed by atoms with van der Waals surface area (Å²) in [5, 5.41) is 1.48. The van der Waals surface area contributed by atoms with Crippen molar-refractivity contribution in [1.29, 1.82) is 0 Å². The van der Waals surface area contributed by atoms with Crippen LogP contribution in [0.15, 0.2) is 42.5 Å². The van der Waals surface area contributed by atoms with E-state index in [2.05, 4.69) is 0 Å². The van der Waals surface area contributed by atoms with Crippen molar-refractivity contribution in [2.45, 2.75) is 12.7 Å². The average Bonchev–Trinajstić information content (AvgIpc) is 3.26. The summed E-state index contributed by atoms with van der Waals surface area (Å²) in [6.45, 7) is 0.747. The van der Waals surface area contributed by atoms with Crippen LogP contribution in [0.4, 0.5) is 5.69 Å². The van der Waals surface area contributed by atoms with Crippen molar-refractivity contribution >= 4 is 34.5 Å². The maximum absolute atomic E-state index is 13.3. The molecular weight excluding hydrogens is 452 g/mol. The molecule has 1 aromatic heterocycles. The Kier molecular flexibility index (Phi) is 6.95. The number of hydrogen-bond donors (Lipinski definition) is 0. The molecule has 2 aromatic carbocycles. The van der Waals surface area contributed by atoms with Crippen LogP contribution in [0.1, 0.15) is 15.4 Å². The Morgan fingerprint density at radius 1 is 1.09 bits per heavy atom. The molecule has 0 unspecified atom stereocenters. The molecule has 0 saturated carbocycles. The molecule has 1 aliphatic rings. The molecule has 0 aliphatic carbocycles. The van der Waals surface area contributed by atoms with Gasteiger partial charge in [-0.25, -0.2) is 4.98 Å². The summed E-state index contributed by atoms with van der Waals surface area (Å²) in [4.78, 5) is 20.4. The summed E-state index contributed by atoms with van der Waals surface area (Å²) in [5.74, 6) is 1.00. The molecule has 0 bridgehead atoms. The first kappa shape index (κ1) is 22.5. The van der Waals surface area contributed by atoms with Crippen LogP contribution in [0, 0.1) is 0 Å². The summed E-state index contributed by atoms with van der Waals surface area (Å²) in [6.07, 6.45) is 0.192. The van der Waals surface area contributed by atoms with E-state index in [0.29, 0.717) is 34.4 Å². The van der Waals surface area contributed by atoms with Gasteiger partial charge in [0.2, 0.25) is 0 Å². The largest absolute Gasteiger partial charge is 0.493 e. The summed E-state index contributed by atoms with van der Waals surface area (Å²) < 4.78 is 21.5. The Morgan fingerprint density at radius 3 is 2.53 bits per heavy atom. The van der Waals surface area contributed by atoms with Crippen LogP contribution in [-0.4, -0.2) is 51.7 Å². The van der Waals surface area contributed by atoms with Crippen LogP contribution in [0.2, 0.25) is 5.02 Å². The molecule has 0 atom stereocenters. The van der Waals surface area contributed by atoms with Gasteiger partial charge in [0.1, 0.15) is 16.5 Å². The molecule has 32 heavy (non-hydrogen) atoms. The average molecular weight is 475 g/mol. The summed E-state index contributed by atoms with van der Waals surface area (Å²) >= 11 is 7.39. The third-order valence-electron chi connectivity index (χ3n) is 5.16. The fraction of sp³-hybridized carbons (Fsp3) is 0.304. The molecular formula is C23H23ClN2O5S. The highest BCUT2D eigenvalue weighted by Gasteiger charge is 2.30. The van der Waals surface area contributed by atoms with Gasteiger partial charge in [-0.05, 0) is 24.3 Å². The predicted molar refractivity (Wildman–Crippen MR) is 124 cm³/mol. The first-order valence-electron chi connectivity index (χ1n) is 9.98. The van der Waals surface area contributed by atoms with Crippen LogP contribution in [0.3, 0.4) is 0 Å². The van der Waals surface area contributed by atoms with Crippen molar-refractivity contribution in [3.8, 4) is 22.1 Å². The van der Waals surface area contributed by atoms with E-state index in [1.54, 1.807) is 38.4 Å². The molecule has 9 heteroatoms. The minimum Gasteiger partial charge on any atom is -0.493 e. The number of nitrogens with zero attached hydrogens (tertiary/aromatic N) is 2. The zero-order valence-corrected chi connectivity index (χ0v) is 19.5. The van der Waals surface area contributed by atoms with Crippen molar-refractivity contribution in [2.24, 2.45) is 0 Å². The van der Waals surface area contributed by atoms with Crippen LogP contribution in [-0.2, 0) is 15.9 Å². The third kappa shape index (κ3) is 4.59. The van der Waals surface area contributed by atoms with Gasteiger partial charge in [0.05, 0.1) is 12.8 Å². The van der Waals surface area contributed by atoms with Gasteiger partial charge in [-0.2, -0.15) is 0 Å². The monoisotopic (exact) mass is 474 g/mol. The lowest BCUT2D eigenvalue weighted by molar-refractivity contribution is -0.122. The van der Waals surface area contributed by atoms with E-state index in [-0.39, 0.29) is 12.5 Å². The zero-order valence-electron chi connectivity index (χ0n) is 18.0. The third-order valence-corrected chi connectivity index (χ3v) is 6.55. The van der Waals surface area contributed by atoms with Gasteiger partial charge < -0.3 is 23.8 Å². The summed E-state index contributed by atoms with van der Waals surface area (Å²) in [7, 11) is 4.66. The number of hydrogen-bond acceptors (Lipinski definition) is 7. The number of fused-ring (bicyclic) bond motifs is 1. The molecule has 0 spiro atoms. The number of carbonyl (C=O) groups excluding carboxylic acids is 1. The summed E-state index contributed by atoms with van der Waals surface area (Å²) in [6, 6.07) is 12.9. The number of benzene rings is 2. The molecule has 0 N–H and O–H groups in total. The number of halogens is 1. The second-order valence-electron chi connectivity index (χ2n) is 7.06. The number of carbonyl (C=O) groups is 1. The van der Waals surface area contributed by atoms with Gasteiger partial charge >= 0.3 is 0 Å². The van der Waals surface area contributed by atoms with E-state index in [1.165, 1.54) is 11.3 Å². The molecule has 1 aliphatic heterocycles. The van der Waals surface area contributed by atoms with Gasteiger partial charge in [-0.15, -0.1) is 11.3 Å². The van der Waals surface area contributed by atoms with Crippen molar-refractivity contribution in [2.75, 3.05) is 39.4 Å². The Hall–Kier alpha value is -2.65. The highest BCUT2D eigenvalue weighted by atomic mass is 35.5. The fourth-order valence-electron chi connectivity index (χ4n) is 3.43.